The van der Waals surface area contributed by atoms with Gasteiger partial charge in [0, 0.05) is 4.90 Å². The van der Waals surface area contributed by atoms with E-state index in [4.69, 9.17) is 4.74 Å². The fourth-order valence-electron chi connectivity index (χ4n) is 2.23. The number of hydrogen-bond acceptors (Lipinski definition) is 4. The van der Waals surface area contributed by atoms with Crippen molar-refractivity contribution in [3.8, 4) is 5.75 Å². The number of rotatable bonds is 4. The van der Waals surface area contributed by atoms with Crippen molar-refractivity contribution in [2.75, 3.05) is 7.11 Å². The maximum atomic E-state index is 12.1. The largest absolute Gasteiger partial charge is 0.497 e. The van der Waals surface area contributed by atoms with E-state index in [0.717, 1.165) is 16.2 Å². The van der Waals surface area contributed by atoms with Crippen molar-refractivity contribution < 1.29 is 4.74 Å². The Labute approximate surface area is 132 Å². The second-order valence-corrected chi connectivity index (χ2v) is 6.32. The van der Waals surface area contributed by atoms with Crippen molar-refractivity contribution in [3.63, 3.8) is 0 Å². The van der Waals surface area contributed by atoms with Gasteiger partial charge in [0.1, 0.15) is 11.6 Å². The molecular weight excluding hydrogens is 296 g/mol. The van der Waals surface area contributed by atoms with E-state index in [9.17, 15) is 4.79 Å². The molecule has 1 heterocycles. The van der Waals surface area contributed by atoms with Gasteiger partial charge in [-0.05, 0) is 37.3 Å². The van der Waals surface area contributed by atoms with Crippen LogP contribution in [0.15, 0.2) is 58.2 Å². The standard InChI is InChI=1S/C17H16N2O2S/c1-11(22-13-7-5-6-12(10-13)21-2)16-18-15-9-4-3-8-14(15)17(20)19-16/h3-11H,1-2H3,(H,18,19,20). The number of H-pyrrole nitrogens is 1. The van der Waals surface area contributed by atoms with Gasteiger partial charge in [0.15, 0.2) is 0 Å². The molecule has 0 saturated heterocycles. The molecule has 0 amide bonds. The first-order valence-corrected chi connectivity index (χ1v) is 7.85. The number of ether oxygens (including phenoxy) is 1. The number of aromatic amines is 1. The summed E-state index contributed by atoms with van der Waals surface area (Å²) >= 11 is 1.63. The average Bonchev–Trinajstić information content (AvgIpc) is 2.55. The molecule has 0 aliphatic carbocycles. The minimum absolute atomic E-state index is 0.0319. The summed E-state index contributed by atoms with van der Waals surface area (Å²) in [5.41, 5.74) is 0.623. The second-order valence-electron chi connectivity index (χ2n) is 4.91. The Bertz CT molecular complexity index is 860. The van der Waals surface area contributed by atoms with Crippen LogP contribution in [-0.2, 0) is 0 Å². The van der Waals surface area contributed by atoms with Gasteiger partial charge in [0.2, 0.25) is 0 Å². The first-order valence-electron chi connectivity index (χ1n) is 6.97. The number of fused-ring (bicyclic) bond motifs is 1. The van der Waals surface area contributed by atoms with Gasteiger partial charge >= 0.3 is 0 Å². The maximum Gasteiger partial charge on any atom is 0.258 e. The summed E-state index contributed by atoms with van der Waals surface area (Å²) in [7, 11) is 1.65. The van der Waals surface area contributed by atoms with Crippen LogP contribution in [-0.4, -0.2) is 17.1 Å². The first-order chi connectivity index (χ1) is 10.7. The quantitative estimate of drug-likeness (QED) is 0.745. The van der Waals surface area contributed by atoms with E-state index in [1.54, 1.807) is 24.9 Å². The topological polar surface area (TPSA) is 55.0 Å². The molecule has 112 valence electrons. The van der Waals surface area contributed by atoms with Crippen molar-refractivity contribution in [1.82, 2.24) is 9.97 Å². The minimum atomic E-state index is -0.0984. The van der Waals surface area contributed by atoms with Crippen LogP contribution in [0.4, 0.5) is 0 Å². The first kappa shape index (κ1) is 14.7. The van der Waals surface area contributed by atoms with Crippen LogP contribution in [0.5, 0.6) is 5.75 Å². The SMILES string of the molecule is COc1cccc(SC(C)c2nc3ccccc3c(=O)[nH]2)c1. The van der Waals surface area contributed by atoms with E-state index in [2.05, 4.69) is 9.97 Å². The van der Waals surface area contributed by atoms with Crippen LogP contribution in [0.25, 0.3) is 10.9 Å². The van der Waals surface area contributed by atoms with Crippen LogP contribution >= 0.6 is 11.8 Å². The molecule has 0 radical (unpaired) electrons. The van der Waals surface area contributed by atoms with Gasteiger partial charge in [-0.3, -0.25) is 4.79 Å². The van der Waals surface area contributed by atoms with Crippen LogP contribution < -0.4 is 10.3 Å². The molecule has 1 N–H and O–H groups in total. The highest BCUT2D eigenvalue weighted by molar-refractivity contribution is 7.99. The fraction of sp³-hybridized carbons (Fsp3) is 0.176. The van der Waals surface area contributed by atoms with Crippen molar-refractivity contribution in [2.45, 2.75) is 17.1 Å². The van der Waals surface area contributed by atoms with E-state index in [1.807, 2.05) is 49.4 Å². The molecule has 0 bridgehead atoms. The third kappa shape index (κ3) is 2.99. The molecule has 1 atom stereocenters. The summed E-state index contributed by atoms with van der Waals surface area (Å²) in [6.07, 6.45) is 0. The Morgan fingerprint density at radius 1 is 1.18 bits per heavy atom. The van der Waals surface area contributed by atoms with Gasteiger partial charge in [0.05, 0.1) is 23.3 Å². The van der Waals surface area contributed by atoms with E-state index < -0.39 is 0 Å². The van der Waals surface area contributed by atoms with E-state index in [1.165, 1.54) is 0 Å². The smallest absolute Gasteiger partial charge is 0.258 e. The lowest BCUT2D eigenvalue weighted by atomic mass is 10.2. The molecule has 1 aromatic heterocycles. The molecule has 2 aromatic carbocycles. The van der Waals surface area contributed by atoms with Crippen molar-refractivity contribution in [3.05, 3.63) is 64.7 Å². The van der Waals surface area contributed by atoms with Crippen LogP contribution in [0.2, 0.25) is 0 Å². The number of nitrogens with one attached hydrogen (secondary N) is 1. The normalized spacial score (nSPS) is 12.3. The Hall–Kier alpha value is -2.27. The molecular formula is C17H16N2O2S. The van der Waals surface area contributed by atoms with Crippen LogP contribution in [0.1, 0.15) is 18.0 Å². The molecule has 5 heteroatoms. The lowest BCUT2D eigenvalue weighted by Gasteiger charge is -2.12. The number of thioether (sulfide) groups is 1. The number of benzene rings is 2. The molecule has 0 aliphatic heterocycles. The summed E-state index contributed by atoms with van der Waals surface area (Å²) in [6.45, 7) is 2.02. The van der Waals surface area contributed by atoms with Gasteiger partial charge in [0.25, 0.3) is 5.56 Å². The zero-order valence-corrected chi connectivity index (χ0v) is 13.2. The Kier molecular flexibility index (Phi) is 4.15. The number of nitrogens with zero attached hydrogens (tertiary/aromatic N) is 1. The van der Waals surface area contributed by atoms with Gasteiger partial charge in [-0.2, -0.15) is 0 Å². The number of hydrogen-bond donors (Lipinski definition) is 1. The van der Waals surface area contributed by atoms with E-state index >= 15 is 0 Å². The lowest BCUT2D eigenvalue weighted by Crippen LogP contribution is -2.12. The molecule has 0 saturated carbocycles. The highest BCUT2D eigenvalue weighted by Gasteiger charge is 2.12. The van der Waals surface area contributed by atoms with Crippen LogP contribution in [0.3, 0.4) is 0 Å². The Balaban J connectivity index is 1.91. The summed E-state index contributed by atoms with van der Waals surface area (Å²) < 4.78 is 5.23. The van der Waals surface area contributed by atoms with E-state index in [0.29, 0.717) is 11.2 Å². The molecule has 22 heavy (non-hydrogen) atoms. The third-order valence-electron chi connectivity index (χ3n) is 3.37. The Morgan fingerprint density at radius 3 is 2.82 bits per heavy atom. The summed E-state index contributed by atoms with van der Waals surface area (Å²) in [6, 6.07) is 15.2. The minimum Gasteiger partial charge on any atom is -0.497 e. The molecule has 0 aliphatic rings. The fourth-order valence-corrected chi connectivity index (χ4v) is 3.20. The van der Waals surface area contributed by atoms with Crippen molar-refractivity contribution in [1.29, 1.82) is 0 Å². The lowest BCUT2D eigenvalue weighted by molar-refractivity contribution is 0.413. The number of aromatic nitrogens is 2. The molecule has 4 nitrogen and oxygen atoms in total. The maximum absolute atomic E-state index is 12.1. The second kappa shape index (κ2) is 6.23. The third-order valence-corrected chi connectivity index (χ3v) is 4.47. The summed E-state index contributed by atoms with van der Waals surface area (Å²) in [5.74, 6) is 1.49. The van der Waals surface area contributed by atoms with E-state index in [-0.39, 0.29) is 10.8 Å². The van der Waals surface area contributed by atoms with Crippen molar-refractivity contribution in [2.24, 2.45) is 0 Å². The zero-order chi connectivity index (χ0) is 15.5. The zero-order valence-electron chi connectivity index (χ0n) is 12.4. The molecule has 1 unspecified atom stereocenters. The molecule has 3 rings (SSSR count). The number of para-hydroxylation sites is 1. The average molecular weight is 312 g/mol. The van der Waals surface area contributed by atoms with Gasteiger partial charge in [-0.15, -0.1) is 11.8 Å². The summed E-state index contributed by atoms with van der Waals surface area (Å²) in [4.78, 5) is 20.7. The number of methoxy groups -OCH3 is 1. The van der Waals surface area contributed by atoms with Gasteiger partial charge in [-0.1, -0.05) is 18.2 Å². The molecule has 0 spiro atoms. The highest BCUT2D eigenvalue weighted by Crippen LogP contribution is 2.34. The molecule has 3 aromatic rings. The summed E-state index contributed by atoms with van der Waals surface area (Å²) in [5, 5.41) is 0.647. The predicted molar refractivity (Wildman–Crippen MR) is 89.6 cm³/mol. The highest BCUT2D eigenvalue weighted by atomic mass is 32.2. The van der Waals surface area contributed by atoms with Crippen LogP contribution in [0, 0.1) is 0 Å². The van der Waals surface area contributed by atoms with Gasteiger partial charge < -0.3 is 9.72 Å². The van der Waals surface area contributed by atoms with Crippen molar-refractivity contribution >= 4 is 22.7 Å². The predicted octanol–water partition coefficient (Wildman–Crippen LogP) is 3.79. The Morgan fingerprint density at radius 2 is 2.00 bits per heavy atom. The molecule has 0 fully saturated rings. The monoisotopic (exact) mass is 312 g/mol. The van der Waals surface area contributed by atoms with Gasteiger partial charge in [-0.25, -0.2) is 4.98 Å².